The van der Waals surface area contributed by atoms with Gasteiger partial charge in [-0.05, 0) is 30.2 Å². The van der Waals surface area contributed by atoms with Gasteiger partial charge in [-0.1, -0.05) is 30.3 Å². The first-order valence-electron chi connectivity index (χ1n) is 5.70. The molecule has 0 aliphatic carbocycles. The van der Waals surface area contributed by atoms with Crippen LogP contribution in [-0.4, -0.2) is 17.0 Å². The maximum atomic E-state index is 10.8. The Labute approximate surface area is 106 Å². The number of carbonyl (C=O) groups is 1. The van der Waals surface area contributed by atoms with E-state index >= 15 is 0 Å². The number of dihydropyridines is 1. The maximum Gasteiger partial charge on any atom is 0.508 e. The molecular formula is C14H15NO3. The van der Waals surface area contributed by atoms with Crippen LogP contribution in [0.3, 0.4) is 0 Å². The highest BCUT2D eigenvalue weighted by atomic mass is 16.7. The largest absolute Gasteiger partial charge is 0.508 e. The molecule has 0 radical (unpaired) electrons. The fraction of sp³-hybridized carbons (Fsp3) is 0.214. The third kappa shape index (κ3) is 2.71. The number of hydrogen-bond acceptors (Lipinski definition) is 3. The van der Waals surface area contributed by atoms with Crippen LogP contribution >= 0.6 is 0 Å². The molecule has 0 bridgehead atoms. The highest BCUT2D eigenvalue weighted by Gasteiger charge is 2.32. The monoisotopic (exact) mass is 245 g/mol. The lowest BCUT2D eigenvalue weighted by atomic mass is 9.97. The van der Waals surface area contributed by atoms with Gasteiger partial charge in [0.1, 0.15) is 0 Å². The SMILES string of the molecule is Cc1ccccc1CC1(OC(=O)O)C=CC=CN1. The molecule has 0 amide bonds. The summed E-state index contributed by atoms with van der Waals surface area (Å²) in [4.78, 5) is 10.8. The van der Waals surface area contributed by atoms with Crippen LogP contribution in [0, 0.1) is 6.92 Å². The zero-order chi connectivity index (χ0) is 13.0. The zero-order valence-corrected chi connectivity index (χ0v) is 10.1. The van der Waals surface area contributed by atoms with E-state index in [1.807, 2.05) is 31.2 Å². The van der Waals surface area contributed by atoms with Crippen molar-refractivity contribution in [2.45, 2.75) is 19.1 Å². The smallest absolute Gasteiger partial charge is 0.450 e. The van der Waals surface area contributed by atoms with Gasteiger partial charge in [-0.15, -0.1) is 0 Å². The summed E-state index contributed by atoms with van der Waals surface area (Å²) in [6.45, 7) is 1.99. The van der Waals surface area contributed by atoms with Crippen molar-refractivity contribution < 1.29 is 14.6 Å². The Morgan fingerprint density at radius 1 is 1.39 bits per heavy atom. The topological polar surface area (TPSA) is 58.6 Å². The van der Waals surface area contributed by atoms with Crippen LogP contribution in [0.5, 0.6) is 0 Å². The lowest BCUT2D eigenvalue weighted by molar-refractivity contribution is -0.00237. The molecule has 94 valence electrons. The van der Waals surface area contributed by atoms with Gasteiger partial charge in [-0.2, -0.15) is 0 Å². The fourth-order valence-corrected chi connectivity index (χ4v) is 1.96. The standard InChI is InChI=1S/C14H15NO3/c1-11-6-2-3-7-12(11)10-14(18-13(16)17)8-4-5-9-15-14/h2-9,15H,10H2,1H3,(H,16,17). The van der Waals surface area contributed by atoms with Gasteiger partial charge in [0.2, 0.25) is 5.72 Å². The Bertz CT molecular complexity index is 508. The Morgan fingerprint density at radius 3 is 2.78 bits per heavy atom. The number of nitrogens with one attached hydrogen (secondary N) is 1. The molecule has 4 heteroatoms. The van der Waals surface area contributed by atoms with E-state index in [9.17, 15) is 4.79 Å². The number of rotatable bonds is 3. The summed E-state index contributed by atoms with van der Waals surface area (Å²) in [6.07, 6.45) is 6.12. The number of allylic oxidation sites excluding steroid dienone is 2. The summed E-state index contributed by atoms with van der Waals surface area (Å²) < 4.78 is 5.01. The quantitative estimate of drug-likeness (QED) is 0.804. The summed E-state index contributed by atoms with van der Waals surface area (Å²) in [5.74, 6) is 0. The Hall–Kier alpha value is -2.23. The molecule has 1 aliphatic heterocycles. The van der Waals surface area contributed by atoms with Crippen molar-refractivity contribution in [3.05, 3.63) is 59.8 Å². The lowest BCUT2D eigenvalue weighted by Crippen LogP contribution is -2.47. The van der Waals surface area contributed by atoms with Crippen LogP contribution in [0.2, 0.25) is 0 Å². The van der Waals surface area contributed by atoms with Gasteiger partial charge in [-0.3, -0.25) is 0 Å². The molecule has 1 atom stereocenters. The first kappa shape index (κ1) is 12.2. The predicted octanol–water partition coefficient (Wildman–Crippen LogP) is 2.60. The van der Waals surface area contributed by atoms with Gasteiger partial charge in [-0.25, -0.2) is 4.79 Å². The van der Waals surface area contributed by atoms with Crippen LogP contribution in [-0.2, 0) is 11.2 Å². The van der Waals surface area contributed by atoms with E-state index in [2.05, 4.69) is 5.32 Å². The molecule has 2 N–H and O–H groups in total. The minimum Gasteiger partial charge on any atom is -0.450 e. The summed E-state index contributed by atoms with van der Waals surface area (Å²) in [5, 5.41) is 11.8. The second-order valence-corrected chi connectivity index (χ2v) is 4.22. The highest BCUT2D eigenvalue weighted by molar-refractivity contribution is 5.58. The van der Waals surface area contributed by atoms with Crippen LogP contribution in [0.4, 0.5) is 4.79 Å². The number of ether oxygens (including phenoxy) is 1. The Morgan fingerprint density at radius 2 is 2.17 bits per heavy atom. The van der Waals surface area contributed by atoms with Crippen LogP contribution < -0.4 is 5.32 Å². The molecule has 1 aliphatic rings. The van der Waals surface area contributed by atoms with Crippen molar-refractivity contribution in [1.29, 1.82) is 0 Å². The molecule has 0 saturated carbocycles. The van der Waals surface area contributed by atoms with Gasteiger partial charge in [0.05, 0.1) is 0 Å². The summed E-state index contributed by atoms with van der Waals surface area (Å²) in [7, 11) is 0. The van der Waals surface area contributed by atoms with Crippen LogP contribution in [0.15, 0.2) is 48.7 Å². The predicted molar refractivity (Wildman–Crippen MR) is 68.1 cm³/mol. The molecule has 2 rings (SSSR count). The first-order valence-corrected chi connectivity index (χ1v) is 5.70. The minimum atomic E-state index is -1.30. The highest BCUT2D eigenvalue weighted by Crippen LogP contribution is 2.21. The van der Waals surface area contributed by atoms with Crippen molar-refractivity contribution in [3.8, 4) is 0 Å². The Balaban J connectivity index is 2.26. The second-order valence-electron chi connectivity index (χ2n) is 4.22. The van der Waals surface area contributed by atoms with Crippen molar-refractivity contribution in [3.63, 3.8) is 0 Å². The van der Waals surface area contributed by atoms with Crippen molar-refractivity contribution in [2.24, 2.45) is 0 Å². The summed E-state index contributed by atoms with van der Waals surface area (Å²) in [5.41, 5.74) is 1.13. The van der Waals surface area contributed by atoms with E-state index in [0.717, 1.165) is 11.1 Å². The molecule has 0 fully saturated rings. The average Bonchev–Trinajstić information content (AvgIpc) is 2.32. The number of benzene rings is 1. The molecule has 0 saturated heterocycles. The molecule has 1 aromatic carbocycles. The molecule has 0 spiro atoms. The normalized spacial score (nSPS) is 21.4. The second kappa shape index (κ2) is 4.96. The van der Waals surface area contributed by atoms with E-state index in [1.54, 1.807) is 24.4 Å². The number of hydrogen-bond donors (Lipinski definition) is 2. The molecule has 0 aromatic heterocycles. The van der Waals surface area contributed by atoms with E-state index < -0.39 is 11.9 Å². The molecule has 18 heavy (non-hydrogen) atoms. The van der Waals surface area contributed by atoms with Gasteiger partial charge in [0.15, 0.2) is 0 Å². The molecule has 1 unspecified atom stereocenters. The third-order valence-electron chi connectivity index (χ3n) is 2.88. The first-order chi connectivity index (χ1) is 8.61. The van der Waals surface area contributed by atoms with E-state index in [0.29, 0.717) is 6.42 Å². The molecule has 4 nitrogen and oxygen atoms in total. The van der Waals surface area contributed by atoms with E-state index in [4.69, 9.17) is 9.84 Å². The van der Waals surface area contributed by atoms with Gasteiger partial charge in [0.25, 0.3) is 0 Å². The number of aryl methyl sites for hydroxylation is 1. The third-order valence-corrected chi connectivity index (χ3v) is 2.88. The van der Waals surface area contributed by atoms with Crippen molar-refractivity contribution >= 4 is 6.16 Å². The molecule has 1 heterocycles. The van der Waals surface area contributed by atoms with Gasteiger partial charge in [0, 0.05) is 12.6 Å². The minimum absolute atomic E-state index is 0.451. The van der Waals surface area contributed by atoms with Crippen molar-refractivity contribution in [1.82, 2.24) is 5.32 Å². The van der Waals surface area contributed by atoms with E-state index in [-0.39, 0.29) is 0 Å². The van der Waals surface area contributed by atoms with Crippen molar-refractivity contribution in [2.75, 3.05) is 0 Å². The van der Waals surface area contributed by atoms with Gasteiger partial charge >= 0.3 is 6.16 Å². The molecular weight excluding hydrogens is 230 g/mol. The van der Waals surface area contributed by atoms with E-state index in [1.165, 1.54) is 0 Å². The Kier molecular flexibility index (Phi) is 3.37. The fourth-order valence-electron chi connectivity index (χ4n) is 1.96. The van der Waals surface area contributed by atoms with Gasteiger partial charge < -0.3 is 15.2 Å². The zero-order valence-electron chi connectivity index (χ0n) is 10.1. The van der Waals surface area contributed by atoms with Crippen LogP contribution in [0.25, 0.3) is 0 Å². The summed E-state index contributed by atoms with van der Waals surface area (Å²) in [6, 6.07) is 7.84. The summed E-state index contributed by atoms with van der Waals surface area (Å²) >= 11 is 0. The number of carboxylic acid groups (broad SMARTS) is 1. The maximum absolute atomic E-state index is 10.8. The molecule has 1 aromatic rings. The average molecular weight is 245 g/mol. The van der Waals surface area contributed by atoms with Crippen LogP contribution in [0.1, 0.15) is 11.1 Å². The lowest BCUT2D eigenvalue weighted by Gasteiger charge is -2.31.